The first-order chi connectivity index (χ1) is 16.7. The van der Waals surface area contributed by atoms with Crippen LogP contribution < -0.4 is 14.5 Å². The third-order valence-electron chi connectivity index (χ3n) is 6.21. The number of hydrogen-bond acceptors (Lipinski definition) is 7. The van der Waals surface area contributed by atoms with Crippen molar-refractivity contribution in [2.45, 2.75) is 29.1 Å². The third kappa shape index (κ3) is 3.83. The van der Waals surface area contributed by atoms with E-state index in [0.29, 0.717) is 30.2 Å². The minimum absolute atomic E-state index is 0.0215. The van der Waals surface area contributed by atoms with Gasteiger partial charge in [0.2, 0.25) is 0 Å². The van der Waals surface area contributed by atoms with Crippen molar-refractivity contribution in [1.29, 1.82) is 5.26 Å². The van der Waals surface area contributed by atoms with E-state index in [2.05, 4.69) is 0 Å². The monoisotopic (exact) mass is 521 g/mol. The molecule has 12 heteroatoms. The maximum Gasteiger partial charge on any atom is 0.417 e. The molecule has 0 radical (unpaired) electrons. The van der Waals surface area contributed by atoms with Gasteiger partial charge in [0, 0.05) is 24.5 Å². The lowest BCUT2D eigenvalue weighted by Crippen LogP contribution is -2.50. The Morgan fingerprint density at radius 3 is 2.69 bits per heavy atom. The summed E-state index contributed by atoms with van der Waals surface area (Å²) < 4.78 is 52.1. The highest BCUT2D eigenvalue weighted by atomic mass is 32.2. The van der Waals surface area contributed by atoms with Gasteiger partial charge in [-0.2, -0.15) is 18.4 Å². The second kappa shape index (κ2) is 8.67. The molecule has 3 heterocycles. The molecule has 35 heavy (non-hydrogen) atoms. The molecule has 3 aliphatic rings. The number of rotatable bonds is 3. The summed E-state index contributed by atoms with van der Waals surface area (Å²) in [5, 5.41) is 18.5. The molecular formula is C23H18F3N3O4S2. The van der Waals surface area contributed by atoms with Crippen LogP contribution in [-0.4, -0.2) is 53.3 Å². The third-order valence-corrected chi connectivity index (χ3v) is 7.74. The van der Waals surface area contributed by atoms with Gasteiger partial charge in [0.25, 0.3) is 5.91 Å². The second-order valence-corrected chi connectivity index (χ2v) is 9.72. The molecule has 182 valence electrons. The average Bonchev–Trinajstić information content (AvgIpc) is 3.41. The number of anilines is 2. The van der Waals surface area contributed by atoms with Crippen LogP contribution in [0.2, 0.25) is 0 Å². The topological polar surface area (TPSA) is 86.0 Å². The van der Waals surface area contributed by atoms with Gasteiger partial charge in [-0.05, 0) is 48.6 Å². The molecule has 0 saturated carbocycles. The molecule has 0 aliphatic carbocycles. The number of nitriles is 1. The van der Waals surface area contributed by atoms with Crippen LogP contribution in [0.3, 0.4) is 0 Å². The number of aliphatic hydroxyl groups is 1. The number of carbonyl (C=O) groups excluding carboxylic acids is 1. The van der Waals surface area contributed by atoms with Crippen molar-refractivity contribution in [3.8, 4) is 11.8 Å². The lowest BCUT2D eigenvalue weighted by molar-refractivity contribution is -0.137. The summed E-state index contributed by atoms with van der Waals surface area (Å²) in [6.07, 6.45) is -4.79. The number of fused-ring (bicyclic) bond motifs is 1. The normalized spacial score (nSPS) is 24.0. The Balaban J connectivity index is 1.58. The smallest absolute Gasteiger partial charge is 0.417 e. The van der Waals surface area contributed by atoms with Gasteiger partial charge < -0.3 is 19.5 Å². The minimum Gasteiger partial charge on any atom is -0.486 e. The molecule has 2 saturated heterocycles. The highest BCUT2D eigenvalue weighted by molar-refractivity contribution is 7.99. The standard InChI is InChI=1S/C23H18F3N3O4S2/c24-23(25,26)17-7-14(2-1-13(17)9-27)28-20(31)22(5-6-32-12-22)29(21(28)34)15-3-4-18-19(8-15)35-11-16(10-30)33-18/h1-4,7-8,16,30H,5-6,10-12H2. The highest BCUT2D eigenvalue weighted by Gasteiger charge is 2.58. The molecule has 3 aliphatic heterocycles. The van der Waals surface area contributed by atoms with E-state index in [4.69, 9.17) is 27.0 Å². The summed E-state index contributed by atoms with van der Waals surface area (Å²) in [7, 11) is 0. The number of thiocarbonyl (C=S) groups is 1. The fraction of sp³-hybridized carbons (Fsp3) is 0.348. The van der Waals surface area contributed by atoms with Gasteiger partial charge in [0.15, 0.2) is 10.7 Å². The van der Waals surface area contributed by atoms with E-state index in [-0.39, 0.29) is 30.1 Å². The Hall–Kier alpha value is -2.85. The van der Waals surface area contributed by atoms with E-state index in [1.54, 1.807) is 23.1 Å². The summed E-state index contributed by atoms with van der Waals surface area (Å²) in [5.41, 5.74) is -2.36. The molecular weight excluding hydrogens is 503 g/mol. The van der Waals surface area contributed by atoms with E-state index in [1.165, 1.54) is 17.8 Å². The van der Waals surface area contributed by atoms with Crippen LogP contribution in [0, 0.1) is 11.3 Å². The maximum absolute atomic E-state index is 13.7. The summed E-state index contributed by atoms with van der Waals surface area (Å²) in [4.78, 5) is 17.3. The number of benzene rings is 2. The van der Waals surface area contributed by atoms with Gasteiger partial charge in [0.05, 0.1) is 41.0 Å². The Morgan fingerprint density at radius 1 is 1.26 bits per heavy atom. The number of nitrogens with zero attached hydrogens (tertiary/aromatic N) is 3. The van der Waals surface area contributed by atoms with Gasteiger partial charge in [-0.3, -0.25) is 9.69 Å². The first-order valence-corrected chi connectivity index (χ1v) is 12.0. The SMILES string of the molecule is N#Cc1ccc(N2C(=O)C3(CCOC3)N(c3ccc4c(c3)SCC(CO)O4)C2=S)cc1C(F)(F)F. The molecule has 2 aromatic rings. The second-order valence-electron chi connectivity index (χ2n) is 8.30. The highest BCUT2D eigenvalue weighted by Crippen LogP contribution is 2.45. The van der Waals surface area contributed by atoms with Gasteiger partial charge in [-0.1, -0.05) is 0 Å². The lowest BCUT2D eigenvalue weighted by Gasteiger charge is -2.32. The molecule has 1 spiro atoms. The van der Waals surface area contributed by atoms with E-state index < -0.39 is 28.7 Å². The summed E-state index contributed by atoms with van der Waals surface area (Å²) >= 11 is 7.15. The van der Waals surface area contributed by atoms with Crippen molar-refractivity contribution >= 4 is 46.4 Å². The number of hydrogen-bond donors (Lipinski definition) is 1. The van der Waals surface area contributed by atoms with Crippen molar-refractivity contribution in [3.05, 3.63) is 47.5 Å². The van der Waals surface area contributed by atoms with Crippen LogP contribution >= 0.6 is 24.0 Å². The number of carbonyl (C=O) groups is 1. The molecule has 0 bridgehead atoms. The zero-order valence-electron chi connectivity index (χ0n) is 18.0. The molecule has 7 nitrogen and oxygen atoms in total. The number of halogens is 3. The van der Waals surface area contributed by atoms with Gasteiger partial charge in [-0.15, -0.1) is 11.8 Å². The summed E-state index contributed by atoms with van der Waals surface area (Å²) in [6, 6.07) is 9.92. The number of amides is 1. The van der Waals surface area contributed by atoms with Gasteiger partial charge in [0.1, 0.15) is 11.9 Å². The lowest BCUT2D eigenvalue weighted by atomic mass is 9.96. The molecule has 5 rings (SSSR count). The average molecular weight is 522 g/mol. The Kier molecular flexibility index (Phi) is 5.91. The summed E-state index contributed by atoms with van der Waals surface area (Å²) in [5.74, 6) is 0.651. The van der Waals surface area contributed by atoms with E-state index >= 15 is 0 Å². The number of ether oxygens (including phenoxy) is 2. The molecule has 2 atom stereocenters. The van der Waals surface area contributed by atoms with Crippen LogP contribution in [0.25, 0.3) is 0 Å². The molecule has 2 fully saturated rings. The predicted octanol–water partition coefficient (Wildman–Crippen LogP) is 3.72. The molecule has 1 amide bonds. The van der Waals surface area contributed by atoms with E-state index in [9.17, 15) is 23.1 Å². The van der Waals surface area contributed by atoms with Gasteiger partial charge in [-0.25, -0.2) is 0 Å². The Labute approximate surface area is 208 Å². The van der Waals surface area contributed by atoms with Crippen molar-refractivity contribution in [1.82, 2.24) is 0 Å². The molecule has 1 N–H and O–H groups in total. The Bertz CT molecular complexity index is 1260. The maximum atomic E-state index is 13.7. The van der Waals surface area contributed by atoms with Crippen LogP contribution in [0.4, 0.5) is 24.5 Å². The summed E-state index contributed by atoms with van der Waals surface area (Å²) in [6.45, 7) is 0.206. The molecule has 0 aromatic heterocycles. The van der Waals surface area contributed by atoms with Crippen molar-refractivity contribution in [2.75, 3.05) is 35.4 Å². The zero-order valence-corrected chi connectivity index (χ0v) is 19.7. The van der Waals surface area contributed by atoms with Crippen molar-refractivity contribution in [2.24, 2.45) is 0 Å². The first kappa shape index (κ1) is 23.9. The fourth-order valence-electron chi connectivity index (χ4n) is 4.49. The fourth-order valence-corrected chi connectivity index (χ4v) is 5.96. The van der Waals surface area contributed by atoms with E-state index in [1.807, 2.05) is 6.07 Å². The zero-order chi connectivity index (χ0) is 25.0. The number of alkyl halides is 3. The molecule has 2 aromatic carbocycles. The Morgan fingerprint density at radius 2 is 2.03 bits per heavy atom. The van der Waals surface area contributed by atoms with Crippen LogP contribution in [0.5, 0.6) is 5.75 Å². The van der Waals surface area contributed by atoms with Crippen LogP contribution in [0.1, 0.15) is 17.5 Å². The minimum atomic E-state index is -4.78. The number of thioether (sulfide) groups is 1. The largest absolute Gasteiger partial charge is 0.486 e. The van der Waals surface area contributed by atoms with Crippen molar-refractivity contribution < 1.29 is 32.5 Å². The predicted molar refractivity (Wildman–Crippen MR) is 126 cm³/mol. The van der Waals surface area contributed by atoms with Gasteiger partial charge >= 0.3 is 6.18 Å². The quantitative estimate of drug-likeness (QED) is 0.612. The van der Waals surface area contributed by atoms with Crippen molar-refractivity contribution in [3.63, 3.8) is 0 Å². The number of aliphatic hydroxyl groups excluding tert-OH is 1. The first-order valence-electron chi connectivity index (χ1n) is 10.6. The van der Waals surface area contributed by atoms with Crippen LogP contribution in [0.15, 0.2) is 41.3 Å². The molecule has 2 unspecified atom stereocenters. The van der Waals surface area contributed by atoms with E-state index in [0.717, 1.165) is 21.9 Å². The van der Waals surface area contributed by atoms with Crippen LogP contribution in [-0.2, 0) is 15.7 Å².